The molecule has 2 N–H and O–H groups in total. The molecule has 7 heteroatoms. The normalized spacial score (nSPS) is 10.2. The minimum absolute atomic E-state index is 0.0888. The summed E-state index contributed by atoms with van der Waals surface area (Å²) in [4.78, 5) is 15.1. The zero-order valence-corrected chi connectivity index (χ0v) is 13.4. The second-order valence-corrected chi connectivity index (χ2v) is 5.77. The van der Waals surface area contributed by atoms with E-state index >= 15 is 0 Å². The maximum Gasteiger partial charge on any atom is 0.269 e. The van der Waals surface area contributed by atoms with Gasteiger partial charge in [-0.25, -0.2) is 0 Å². The molecule has 6 nitrogen and oxygen atoms in total. The molecule has 0 fully saturated rings. The number of nitrogens with zero attached hydrogens (tertiary/aromatic N) is 2. The molecule has 3 aromatic rings. The van der Waals surface area contributed by atoms with E-state index in [1.807, 2.05) is 36.4 Å². The topological polar surface area (TPSA) is 80.1 Å². The molecule has 24 heavy (non-hydrogen) atoms. The molecular weight excluding hydrogens is 324 g/mol. The van der Waals surface area contributed by atoms with Crippen LogP contribution in [0.2, 0.25) is 0 Å². The summed E-state index contributed by atoms with van der Waals surface area (Å²) in [5, 5.41) is 13.9. The predicted molar refractivity (Wildman–Crippen MR) is 96.5 cm³/mol. The van der Waals surface area contributed by atoms with Crippen LogP contribution in [-0.4, -0.2) is 9.91 Å². The van der Waals surface area contributed by atoms with Gasteiger partial charge in [0, 0.05) is 46.5 Å². The number of benzene rings is 2. The number of aromatic nitrogens is 1. The summed E-state index contributed by atoms with van der Waals surface area (Å²) in [7, 11) is 0. The molecule has 0 amide bonds. The molecule has 3 rings (SSSR count). The Labute approximate surface area is 143 Å². The van der Waals surface area contributed by atoms with Crippen LogP contribution in [0.25, 0.3) is 0 Å². The number of anilines is 3. The standard InChI is InChI=1S/C17H14N4O2S/c22-21(23)16-5-7-17(8-6-16)24-20-15-3-1-13(2-4-15)19-14-9-11-18-12-10-14/h1-12,20H,(H,18,19). The van der Waals surface area contributed by atoms with E-state index in [0.717, 1.165) is 22.0 Å². The SMILES string of the molecule is O=[N+]([O-])c1ccc(SNc2ccc(Nc3ccncc3)cc2)cc1. The van der Waals surface area contributed by atoms with Crippen LogP contribution in [0.15, 0.2) is 78.0 Å². The first-order valence-electron chi connectivity index (χ1n) is 7.15. The van der Waals surface area contributed by atoms with E-state index in [2.05, 4.69) is 15.0 Å². The van der Waals surface area contributed by atoms with E-state index in [0.29, 0.717) is 0 Å². The van der Waals surface area contributed by atoms with Gasteiger partial charge in [-0.15, -0.1) is 0 Å². The van der Waals surface area contributed by atoms with Crippen molar-refractivity contribution in [3.05, 3.63) is 83.2 Å². The van der Waals surface area contributed by atoms with E-state index in [4.69, 9.17) is 0 Å². The summed E-state index contributed by atoms with van der Waals surface area (Å²) in [5.41, 5.74) is 2.99. The van der Waals surface area contributed by atoms with Gasteiger partial charge >= 0.3 is 0 Å². The van der Waals surface area contributed by atoms with Gasteiger partial charge in [0.05, 0.1) is 4.92 Å². The van der Waals surface area contributed by atoms with E-state index < -0.39 is 4.92 Å². The first-order chi connectivity index (χ1) is 11.7. The Kier molecular flexibility index (Phi) is 4.93. The molecule has 0 unspecified atom stereocenters. The number of non-ortho nitro benzene ring substituents is 1. The summed E-state index contributed by atoms with van der Waals surface area (Å²) >= 11 is 1.40. The van der Waals surface area contributed by atoms with Crippen molar-refractivity contribution in [1.82, 2.24) is 4.98 Å². The lowest BCUT2D eigenvalue weighted by atomic mass is 10.3. The van der Waals surface area contributed by atoms with Crippen molar-refractivity contribution >= 4 is 34.7 Å². The summed E-state index contributed by atoms with van der Waals surface area (Å²) in [6.45, 7) is 0. The highest BCUT2D eigenvalue weighted by Gasteiger charge is 2.04. The number of rotatable bonds is 6. The monoisotopic (exact) mass is 338 g/mol. The number of nitrogens with one attached hydrogen (secondary N) is 2. The van der Waals surface area contributed by atoms with E-state index in [9.17, 15) is 10.1 Å². The Bertz CT molecular complexity index is 808. The molecule has 0 aliphatic carbocycles. The smallest absolute Gasteiger partial charge is 0.269 e. The van der Waals surface area contributed by atoms with Gasteiger partial charge in [0.1, 0.15) is 0 Å². The molecule has 0 saturated carbocycles. The summed E-state index contributed by atoms with van der Waals surface area (Å²) < 4.78 is 3.21. The van der Waals surface area contributed by atoms with Crippen LogP contribution in [-0.2, 0) is 0 Å². The predicted octanol–water partition coefficient (Wildman–Crippen LogP) is 4.85. The molecule has 0 bridgehead atoms. The Morgan fingerprint density at radius 3 is 2.04 bits per heavy atom. The molecule has 0 aliphatic heterocycles. The third-order valence-electron chi connectivity index (χ3n) is 3.19. The number of nitro groups is 1. The minimum atomic E-state index is -0.406. The van der Waals surface area contributed by atoms with Crippen LogP contribution in [0.1, 0.15) is 0 Å². The Balaban J connectivity index is 1.57. The molecule has 2 aromatic carbocycles. The quantitative estimate of drug-likeness (QED) is 0.380. The third kappa shape index (κ3) is 4.23. The van der Waals surface area contributed by atoms with Gasteiger partial charge < -0.3 is 10.0 Å². The molecule has 1 heterocycles. The van der Waals surface area contributed by atoms with Crippen LogP contribution in [0.3, 0.4) is 0 Å². The van der Waals surface area contributed by atoms with Gasteiger partial charge in [-0.1, -0.05) is 0 Å². The van der Waals surface area contributed by atoms with Crippen molar-refractivity contribution in [2.45, 2.75) is 4.90 Å². The molecule has 0 radical (unpaired) electrons. The lowest BCUT2D eigenvalue weighted by Gasteiger charge is -2.08. The number of hydrogen-bond acceptors (Lipinski definition) is 6. The second kappa shape index (κ2) is 7.47. The maximum atomic E-state index is 10.6. The summed E-state index contributed by atoms with van der Waals surface area (Å²) in [6, 6.07) is 18.1. The van der Waals surface area contributed by atoms with Gasteiger partial charge in [0.15, 0.2) is 0 Å². The van der Waals surface area contributed by atoms with Crippen molar-refractivity contribution in [1.29, 1.82) is 0 Å². The van der Waals surface area contributed by atoms with Gasteiger partial charge in [0.2, 0.25) is 0 Å². The second-order valence-electron chi connectivity index (χ2n) is 4.89. The average molecular weight is 338 g/mol. The van der Waals surface area contributed by atoms with Gasteiger partial charge in [-0.2, -0.15) is 0 Å². The molecule has 1 aromatic heterocycles. The van der Waals surface area contributed by atoms with E-state index in [-0.39, 0.29) is 5.69 Å². The highest BCUT2D eigenvalue weighted by Crippen LogP contribution is 2.25. The van der Waals surface area contributed by atoms with Gasteiger partial charge in [-0.3, -0.25) is 15.1 Å². The van der Waals surface area contributed by atoms with Gasteiger partial charge in [-0.05, 0) is 60.5 Å². The first kappa shape index (κ1) is 15.8. The fourth-order valence-corrected chi connectivity index (χ4v) is 2.62. The van der Waals surface area contributed by atoms with Crippen LogP contribution in [0.4, 0.5) is 22.7 Å². The van der Waals surface area contributed by atoms with Crippen molar-refractivity contribution in [3.8, 4) is 0 Å². The van der Waals surface area contributed by atoms with Crippen molar-refractivity contribution in [2.75, 3.05) is 10.0 Å². The fourth-order valence-electron chi connectivity index (χ4n) is 1.98. The van der Waals surface area contributed by atoms with Crippen LogP contribution >= 0.6 is 11.9 Å². The largest absolute Gasteiger partial charge is 0.355 e. The van der Waals surface area contributed by atoms with Crippen LogP contribution < -0.4 is 10.0 Å². The van der Waals surface area contributed by atoms with Gasteiger partial charge in [0.25, 0.3) is 5.69 Å². The number of hydrogen-bond donors (Lipinski definition) is 2. The fraction of sp³-hybridized carbons (Fsp3) is 0. The average Bonchev–Trinajstić information content (AvgIpc) is 2.62. The molecule has 0 spiro atoms. The summed E-state index contributed by atoms with van der Waals surface area (Å²) in [5.74, 6) is 0. The van der Waals surface area contributed by atoms with E-state index in [1.54, 1.807) is 24.5 Å². The molecule has 0 aliphatic rings. The highest BCUT2D eigenvalue weighted by molar-refractivity contribution is 8.00. The lowest BCUT2D eigenvalue weighted by Crippen LogP contribution is -1.91. The molecule has 120 valence electrons. The Morgan fingerprint density at radius 2 is 1.42 bits per heavy atom. The Morgan fingerprint density at radius 1 is 0.833 bits per heavy atom. The minimum Gasteiger partial charge on any atom is -0.355 e. The maximum absolute atomic E-state index is 10.6. The zero-order chi connectivity index (χ0) is 16.8. The van der Waals surface area contributed by atoms with Crippen LogP contribution in [0, 0.1) is 10.1 Å². The molecule has 0 atom stereocenters. The Hall–Kier alpha value is -3.06. The number of pyridine rings is 1. The zero-order valence-electron chi connectivity index (χ0n) is 12.5. The van der Waals surface area contributed by atoms with Crippen molar-refractivity contribution < 1.29 is 4.92 Å². The third-order valence-corrected chi connectivity index (χ3v) is 4.03. The lowest BCUT2D eigenvalue weighted by molar-refractivity contribution is -0.384. The molecular formula is C17H14N4O2S. The summed E-state index contributed by atoms with van der Waals surface area (Å²) in [6.07, 6.45) is 3.47. The molecule has 0 saturated heterocycles. The van der Waals surface area contributed by atoms with E-state index in [1.165, 1.54) is 24.1 Å². The van der Waals surface area contributed by atoms with Crippen LogP contribution in [0.5, 0.6) is 0 Å². The van der Waals surface area contributed by atoms with Crippen molar-refractivity contribution in [3.63, 3.8) is 0 Å². The number of nitro benzene ring substituents is 1. The highest BCUT2D eigenvalue weighted by atomic mass is 32.2. The van der Waals surface area contributed by atoms with Crippen molar-refractivity contribution in [2.24, 2.45) is 0 Å². The first-order valence-corrected chi connectivity index (χ1v) is 7.97.